The van der Waals surface area contributed by atoms with Gasteiger partial charge in [-0.1, -0.05) is 19.9 Å². The molecule has 1 aromatic heterocycles. The standard InChI is InChI=1S/C14H20N2/c1-10(2)7-12-5-6-14-13(8-12)15-9-16(14)11(3)4/h5-6,8-11H,7H2,1-4H3. The van der Waals surface area contributed by atoms with Crippen molar-refractivity contribution in [3.63, 3.8) is 0 Å². The summed E-state index contributed by atoms with van der Waals surface area (Å²) in [5, 5.41) is 0. The highest BCUT2D eigenvalue weighted by atomic mass is 15.1. The SMILES string of the molecule is CC(C)Cc1ccc2c(c1)ncn2C(C)C. The van der Waals surface area contributed by atoms with Crippen molar-refractivity contribution in [2.45, 2.75) is 40.2 Å². The topological polar surface area (TPSA) is 17.8 Å². The first kappa shape index (κ1) is 11.2. The van der Waals surface area contributed by atoms with E-state index in [1.165, 1.54) is 11.1 Å². The quantitative estimate of drug-likeness (QED) is 0.762. The fraction of sp³-hybridized carbons (Fsp3) is 0.500. The van der Waals surface area contributed by atoms with Gasteiger partial charge < -0.3 is 4.57 Å². The molecule has 0 saturated heterocycles. The third-order valence-corrected chi connectivity index (χ3v) is 2.84. The van der Waals surface area contributed by atoms with Crippen molar-refractivity contribution in [1.82, 2.24) is 9.55 Å². The molecule has 0 saturated carbocycles. The second-order valence-electron chi connectivity index (χ2n) is 5.17. The number of rotatable bonds is 3. The Labute approximate surface area is 97.3 Å². The lowest BCUT2D eigenvalue weighted by molar-refractivity contribution is 0.617. The number of hydrogen-bond acceptors (Lipinski definition) is 1. The summed E-state index contributed by atoms with van der Waals surface area (Å²) < 4.78 is 2.22. The number of hydrogen-bond donors (Lipinski definition) is 0. The number of benzene rings is 1. The van der Waals surface area contributed by atoms with Gasteiger partial charge in [-0.3, -0.25) is 0 Å². The molecule has 2 heteroatoms. The number of imidazole rings is 1. The van der Waals surface area contributed by atoms with Crippen molar-refractivity contribution in [1.29, 1.82) is 0 Å². The zero-order valence-corrected chi connectivity index (χ0v) is 10.6. The third kappa shape index (κ3) is 2.11. The molecule has 0 spiro atoms. The molecule has 1 heterocycles. The smallest absolute Gasteiger partial charge is 0.0960 e. The minimum Gasteiger partial charge on any atom is -0.328 e. The van der Waals surface area contributed by atoms with E-state index in [-0.39, 0.29) is 0 Å². The average Bonchev–Trinajstić information content (AvgIpc) is 2.59. The predicted octanol–water partition coefficient (Wildman–Crippen LogP) is 3.82. The van der Waals surface area contributed by atoms with E-state index in [9.17, 15) is 0 Å². The maximum Gasteiger partial charge on any atom is 0.0960 e. The molecule has 0 radical (unpaired) electrons. The molecule has 0 aliphatic heterocycles. The van der Waals surface area contributed by atoms with Gasteiger partial charge in [-0.2, -0.15) is 0 Å². The van der Waals surface area contributed by atoms with Crippen LogP contribution in [0.5, 0.6) is 0 Å². The van der Waals surface area contributed by atoms with Crippen LogP contribution in [0.1, 0.15) is 39.3 Å². The lowest BCUT2D eigenvalue weighted by Gasteiger charge is -2.09. The summed E-state index contributed by atoms with van der Waals surface area (Å²) in [4.78, 5) is 4.47. The van der Waals surface area contributed by atoms with Gasteiger partial charge in [0.05, 0.1) is 17.4 Å². The molecule has 0 aliphatic carbocycles. The second kappa shape index (κ2) is 4.28. The monoisotopic (exact) mass is 216 g/mol. The molecular weight excluding hydrogens is 196 g/mol. The fourth-order valence-electron chi connectivity index (χ4n) is 2.09. The molecule has 0 unspecified atom stereocenters. The van der Waals surface area contributed by atoms with Crippen molar-refractivity contribution in [2.24, 2.45) is 5.92 Å². The maximum atomic E-state index is 4.47. The van der Waals surface area contributed by atoms with Crippen LogP contribution in [0.25, 0.3) is 11.0 Å². The Balaban J connectivity index is 2.41. The summed E-state index contributed by atoms with van der Waals surface area (Å²) in [6.45, 7) is 8.86. The van der Waals surface area contributed by atoms with E-state index in [2.05, 4.69) is 55.4 Å². The van der Waals surface area contributed by atoms with Crippen molar-refractivity contribution in [3.05, 3.63) is 30.1 Å². The normalized spacial score (nSPS) is 11.9. The molecule has 1 aromatic carbocycles. The van der Waals surface area contributed by atoms with Crippen LogP contribution in [0.15, 0.2) is 24.5 Å². The zero-order valence-electron chi connectivity index (χ0n) is 10.6. The summed E-state index contributed by atoms with van der Waals surface area (Å²) in [6.07, 6.45) is 3.07. The van der Waals surface area contributed by atoms with Gasteiger partial charge in [0.2, 0.25) is 0 Å². The number of fused-ring (bicyclic) bond motifs is 1. The zero-order chi connectivity index (χ0) is 11.7. The molecule has 2 nitrogen and oxygen atoms in total. The van der Waals surface area contributed by atoms with Gasteiger partial charge in [-0.05, 0) is 43.9 Å². The summed E-state index contributed by atoms with van der Waals surface area (Å²) in [7, 11) is 0. The Bertz CT molecular complexity index is 480. The average molecular weight is 216 g/mol. The summed E-state index contributed by atoms with van der Waals surface area (Å²) in [6, 6.07) is 7.11. The molecule has 0 bridgehead atoms. The third-order valence-electron chi connectivity index (χ3n) is 2.84. The van der Waals surface area contributed by atoms with Crippen LogP contribution in [-0.4, -0.2) is 9.55 Å². The molecule has 86 valence electrons. The van der Waals surface area contributed by atoms with Crippen LogP contribution in [-0.2, 0) is 6.42 Å². The van der Waals surface area contributed by atoms with E-state index in [1.807, 2.05) is 6.33 Å². The number of aromatic nitrogens is 2. The summed E-state index contributed by atoms with van der Waals surface area (Å²) >= 11 is 0. The second-order valence-corrected chi connectivity index (χ2v) is 5.17. The molecule has 2 rings (SSSR count). The molecule has 2 aromatic rings. The Morgan fingerprint density at radius 1 is 1.19 bits per heavy atom. The Kier molecular flexibility index (Phi) is 2.99. The maximum absolute atomic E-state index is 4.47. The molecule has 0 N–H and O–H groups in total. The van der Waals surface area contributed by atoms with Crippen LogP contribution < -0.4 is 0 Å². The molecule has 0 fully saturated rings. The molecule has 0 amide bonds. The molecule has 0 aliphatic rings. The summed E-state index contributed by atoms with van der Waals surface area (Å²) in [5.74, 6) is 0.699. The highest BCUT2D eigenvalue weighted by Crippen LogP contribution is 2.20. The first-order valence-corrected chi connectivity index (χ1v) is 6.03. The Morgan fingerprint density at radius 2 is 1.94 bits per heavy atom. The van der Waals surface area contributed by atoms with Crippen LogP contribution in [0.3, 0.4) is 0 Å². The lowest BCUT2D eigenvalue weighted by atomic mass is 10.0. The van der Waals surface area contributed by atoms with Crippen molar-refractivity contribution < 1.29 is 0 Å². The van der Waals surface area contributed by atoms with Gasteiger partial charge in [0, 0.05) is 6.04 Å². The first-order chi connectivity index (χ1) is 7.58. The largest absolute Gasteiger partial charge is 0.328 e. The Hall–Kier alpha value is -1.31. The van der Waals surface area contributed by atoms with Crippen LogP contribution >= 0.6 is 0 Å². The molecule has 0 atom stereocenters. The van der Waals surface area contributed by atoms with Crippen molar-refractivity contribution in [3.8, 4) is 0 Å². The van der Waals surface area contributed by atoms with Crippen LogP contribution in [0, 0.1) is 5.92 Å². The lowest BCUT2D eigenvalue weighted by Crippen LogP contribution is -1.98. The summed E-state index contributed by atoms with van der Waals surface area (Å²) in [5.41, 5.74) is 3.74. The van der Waals surface area contributed by atoms with Gasteiger partial charge in [0.15, 0.2) is 0 Å². The van der Waals surface area contributed by atoms with Gasteiger partial charge in [-0.25, -0.2) is 4.98 Å². The predicted molar refractivity (Wildman–Crippen MR) is 68.7 cm³/mol. The first-order valence-electron chi connectivity index (χ1n) is 6.03. The minimum absolute atomic E-state index is 0.473. The van der Waals surface area contributed by atoms with Gasteiger partial charge >= 0.3 is 0 Å². The van der Waals surface area contributed by atoms with Gasteiger partial charge in [-0.15, -0.1) is 0 Å². The van der Waals surface area contributed by atoms with Crippen molar-refractivity contribution in [2.75, 3.05) is 0 Å². The van der Waals surface area contributed by atoms with E-state index in [0.717, 1.165) is 11.9 Å². The van der Waals surface area contributed by atoms with E-state index in [1.54, 1.807) is 0 Å². The van der Waals surface area contributed by atoms with Gasteiger partial charge in [0.1, 0.15) is 0 Å². The van der Waals surface area contributed by atoms with Gasteiger partial charge in [0.25, 0.3) is 0 Å². The van der Waals surface area contributed by atoms with E-state index < -0.39 is 0 Å². The fourth-order valence-corrected chi connectivity index (χ4v) is 2.09. The Morgan fingerprint density at radius 3 is 2.56 bits per heavy atom. The number of nitrogens with zero attached hydrogens (tertiary/aromatic N) is 2. The van der Waals surface area contributed by atoms with Crippen LogP contribution in [0.2, 0.25) is 0 Å². The van der Waals surface area contributed by atoms with Crippen LogP contribution in [0.4, 0.5) is 0 Å². The van der Waals surface area contributed by atoms with E-state index >= 15 is 0 Å². The van der Waals surface area contributed by atoms with Crippen molar-refractivity contribution >= 4 is 11.0 Å². The van der Waals surface area contributed by atoms with E-state index in [0.29, 0.717) is 12.0 Å². The minimum atomic E-state index is 0.473. The van der Waals surface area contributed by atoms with E-state index in [4.69, 9.17) is 0 Å². The molecule has 16 heavy (non-hydrogen) atoms. The highest BCUT2D eigenvalue weighted by Gasteiger charge is 2.06. The highest BCUT2D eigenvalue weighted by molar-refractivity contribution is 5.76. The molecular formula is C14H20N2.